The van der Waals surface area contributed by atoms with Crippen LogP contribution < -0.4 is 5.32 Å². The van der Waals surface area contributed by atoms with Crippen LogP contribution in [0.4, 0.5) is 5.69 Å². The molecule has 0 aliphatic rings. The molecule has 0 radical (unpaired) electrons. The predicted octanol–water partition coefficient (Wildman–Crippen LogP) is 5.78. The molecular formula is C31H29N5O3. The third kappa shape index (κ3) is 5.70. The number of aromatic nitrogens is 3. The van der Waals surface area contributed by atoms with Gasteiger partial charge in [-0.05, 0) is 74.9 Å². The fourth-order valence-corrected chi connectivity index (χ4v) is 4.56. The molecule has 0 spiro atoms. The molecular weight excluding hydrogens is 490 g/mol. The van der Waals surface area contributed by atoms with Crippen molar-refractivity contribution < 1.29 is 14.1 Å². The van der Waals surface area contributed by atoms with E-state index in [1.54, 1.807) is 54.7 Å². The number of benzene rings is 2. The van der Waals surface area contributed by atoms with Crippen molar-refractivity contribution in [3.63, 3.8) is 0 Å². The molecule has 8 nitrogen and oxygen atoms in total. The average molecular weight is 520 g/mol. The molecule has 0 saturated heterocycles. The van der Waals surface area contributed by atoms with E-state index in [1.165, 1.54) is 0 Å². The van der Waals surface area contributed by atoms with Crippen molar-refractivity contribution in [2.75, 3.05) is 18.9 Å². The first-order chi connectivity index (χ1) is 18.8. The van der Waals surface area contributed by atoms with Crippen LogP contribution in [0.1, 0.15) is 43.3 Å². The van der Waals surface area contributed by atoms with Gasteiger partial charge in [0.25, 0.3) is 11.8 Å². The van der Waals surface area contributed by atoms with Gasteiger partial charge in [-0.15, -0.1) is 0 Å². The number of aryl methyl sites for hydroxylation is 3. The van der Waals surface area contributed by atoms with E-state index in [4.69, 9.17) is 9.51 Å². The fourth-order valence-electron chi connectivity index (χ4n) is 4.56. The van der Waals surface area contributed by atoms with Gasteiger partial charge in [0.05, 0.1) is 22.5 Å². The Morgan fingerprint density at radius 1 is 1.00 bits per heavy atom. The first kappa shape index (κ1) is 25.8. The SMILES string of the molecule is Cc1cc(C)c2nc(-c3cccnc3)cc(C(=O)Nc3ccc(C(=O)N(C)CCc4cc(C)no4)cc3)c2c1. The lowest BCUT2D eigenvalue weighted by atomic mass is 9.99. The Morgan fingerprint density at radius 2 is 1.79 bits per heavy atom. The summed E-state index contributed by atoms with van der Waals surface area (Å²) in [5.74, 6) is 0.373. The lowest BCUT2D eigenvalue weighted by Gasteiger charge is -2.17. The van der Waals surface area contributed by atoms with Gasteiger partial charge < -0.3 is 14.7 Å². The van der Waals surface area contributed by atoms with E-state index in [0.29, 0.717) is 35.5 Å². The number of pyridine rings is 2. The van der Waals surface area contributed by atoms with Crippen molar-refractivity contribution in [1.29, 1.82) is 0 Å². The van der Waals surface area contributed by atoms with E-state index in [2.05, 4.69) is 21.5 Å². The number of nitrogens with zero attached hydrogens (tertiary/aromatic N) is 4. The number of carbonyl (C=O) groups is 2. The highest BCUT2D eigenvalue weighted by Crippen LogP contribution is 2.28. The van der Waals surface area contributed by atoms with E-state index in [-0.39, 0.29) is 11.8 Å². The molecule has 3 aromatic heterocycles. The lowest BCUT2D eigenvalue weighted by Crippen LogP contribution is -2.28. The van der Waals surface area contributed by atoms with Crippen LogP contribution >= 0.6 is 0 Å². The zero-order chi connectivity index (χ0) is 27.5. The number of amides is 2. The van der Waals surface area contributed by atoms with Crippen molar-refractivity contribution in [3.05, 3.63) is 107 Å². The number of rotatable bonds is 7. The van der Waals surface area contributed by atoms with E-state index < -0.39 is 0 Å². The summed E-state index contributed by atoms with van der Waals surface area (Å²) in [5.41, 5.74) is 6.79. The van der Waals surface area contributed by atoms with Crippen molar-refractivity contribution in [1.82, 2.24) is 20.0 Å². The molecule has 5 aromatic rings. The zero-order valence-corrected chi connectivity index (χ0v) is 22.4. The fraction of sp³-hybridized carbons (Fsp3) is 0.194. The number of carbonyl (C=O) groups excluding carboxylic acids is 2. The Hall–Kier alpha value is -4.85. The summed E-state index contributed by atoms with van der Waals surface area (Å²) in [4.78, 5) is 37.1. The van der Waals surface area contributed by atoms with Crippen LogP contribution in [-0.2, 0) is 6.42 Å². The lowest BCUT2D eigenvalue weighted by molar-refractivity contribution is 0.0794. The maximum atomic E-state index is 13.5. The molecule has 196 valence electrons. The molecule has 1 N–H and O–H groups in total. The van der Waals surface area contributed by atoms with E-state index in [9.17, 15) is 9.59 Å². The Bertz CT molecular complexity index is 1660. The van der Waals surface area contributed by atoms with Gasteiger partial charge in [0, 0.05) is 60.7 Å². The third-order valence-corrected chi connectivity index (χ3v) is 6.56. The molecule has 0 aliphatic carbocycles. The quantitative estimate of drug-likeness (QED) is 0.293. The molecule has 3 heterocycles. The minimum absolute atomic E-state index is 0.115. The third-order valence-electron chi connectivity index (χ3n) is 6.56. The van der Waals surface area contributed by atoms with Gasteiger partial charge in [0.15, 0.2) is 0 Å². The molecule has 0 bridgehead atoms. The van der Waals surface area contributed by atoms with Crippen molar-refractivity contribution in [2.45, 2.75) is 27.2 Å². The number of hydrogen-bond acceptors (Lipinski definition) is 6. The van der Waals surface area contributed by atoms with Gasteiger partial charge in [0.1, 0.15) is 5.76 Å². The number of likely N-dealkylation sites (N-methyl/N-ethyl adjacent to an activating group) is 1. The van der Waals surface area contributed by atoms with E-state index >= 15 is 0 Å². The van der Waals surface area contributed by atoms with Gasteiger partial charge in [-0.3, -0.25) is 14.6 Å². The van der Waals surface area contributed by atoms with Crippen LogP contribution in [0.15, 0.2) is 77.6 Å². The molecule has 0 aliphatic heterocycles. The summed E-state index contributed by atoms with van der Waals surface area (Å²) < 4.78 is 5.23. The van der Waals surface area contributed by atoms with E-state index in [1.807, 2.05) is 45.0 Å². The van der Waals surface area contributed by atoms with Crippen LogP contribution in [-0.4, -0.2) is 45.4 Å². The summed E-state index contributed by atoms with van der Waals surface area (Å²) in [6.45, 7) is 6.36. The van der Waals surface area contributed by atoms with E-state index in [0.717, 1.165) is 39.0 Å². The first-order valence-electron chi connectivity index (χ1n) is 12.7. The van der Waals surface area contributed by atoms with Gasteiger partial charge in [-0.1, -0.05) is 16.8 Å². The topological polar surface area (TPSA) is 101 Å². The molecule has 0 unspecified atom stereocenters. The predicted molar refractivity (Wildman–Crippen MR) is 151 cm³/mol. The second-order valence-corrected chi connectivity index (χ2v) is 9.72. The maximum absolute atomic E-state index is 13.5. The maximum Gasteiger partial charge on any atom is 0.256 e. The van der Waals surface area contributed by atoms with Crippen LogP contribution in [0.5, 0.6) is 0 Å². The summed E-state index contributed by atoms with van der Waals surface area (Å²) in [6, 6.07) is 18.4. The number of hydrogen-bond donors (Lipinski definition) is 1. The standard InChI is InChI=1S/C31H29N5O3/c1-19-14-20(2)29-26(15-19)27(17-28(34-29)23-6-5-12-32-18-23)30(37)33-24-9-7-22(8-10-24)31(38)36(4)13-11-25-16-21(3)35-39-25/h5-10,12,14-18H,11,13H2,1-4H3,(H,33,37). The van der Waals surface area contributed by atoms with Gasteiger partial charge in [0.2, 0.25) is 0 Å². The Labute approximate surface area is 226 Å². The minimum Gasteiger partial charge on any atom is -0.361 e. The monoisotopic (exact) mass is 519 g/mol. The molecule has 0 fully saturated rings. The Balaban J connectivity index is 1.36. The van der Waals surface area contributed by atoms with Crippen LogP contribution in [0.2, 0.25) is 0 Å². The smallest absolute Gasteiger partial charge is 0.256 e. The summed E-state index contributed by atoms with van der Waals surface area (Å²) in [6.07, 6.45) is 4.02. The second kappa shape index (κ2) is 10.9. The first-order valence-corrected chi connectivity index (χ1v) is 12.7. The highest BCUT2D eigenvalue weighted by atomic mass is 16.5. The van der Waals surface area contributed by atoms with Gasteiger partial charge in [-0.25, -0.2) is 4.98 Å². The van der Waals surface area contributed by atoms with Gasteiger partial charge >= 0.3 is 0 Å². The summed E-state index contributed by atoms with van der Waals surface area (Å²) in [7, 11) is 1.75. The molecule has 5 rings (SSSR count). The highest BCUT2D eigenvalue weighted by molar-refractivity contribution is 6.13. The van der Waals surface area contributed by atoms with Crippen molar-refractivity contribution >= 4 is 28.4 Å². The molecule has 2 aromatic carbocycles. The molecule has 8 heteroatoms. The Kier molecular flexibility index (Phi) is 7.19. The van der Waals surface area contributed by atoms with Crippen LogP contribution in [0.25, 0.3) is 22.2 Å². The average Bonchev–Trinajstić information content (AvgIpc) is 3.36. The van der Waals surface area contributed by atoms with Crippen LogP contribution in [0.3, 0.4) is 0 Å². The van der Waals surface area contributed by atoms with Crippen LogP contribution in [0, 0.1) is 20.8 Å². The normalized spacial score (nSPS) is 11.0. The molecule has 39 heavy (non-hydrogen) atoms. The largest absolute Gasteiger partial charge is 0.361 e. The van der Waals surface area contributed by atoms with Gasteiger partial charge in [-0.2, -0.15) is 0 Å². The summed E-state index contributed by atoms with van der Waals surface area (Å²) >= 11 is 0. The second-order valence-electron chi connectivity index (χ2n) is 9.72. The van der Waals surface area contributed by atoms with Crippen molar-refractivity contribution in [2.24, 2.45) is 0 Å². The van der Waals surface area contributed by atoms with Crippen molar-refractivity contribution in [3.8, 4) is 11.3 Å². The number of anilines is 1. The summed E-state index contributed by atoms with van der Waals surface area (Å²) in [5, 5.41) is 7.65. The number of fused-ring (bicyclic) bond motifs is 1. The molecule has 0 saturated carbocycles. The molecule has 0 atom stereocenters. The zero-order valence-electron chi connectivity index (χ0n) is 22.4. The minimum atomic E-state index is -0.254. The highest BCUT2D eigenvalue weighted by Gasteiger charge is 2.17. The number of nitrogens with one attached hydrogen (secondary N) is 1. The Morgan fingerprint density at radius 3 is 2.49 bits per heavy atom. The molecule has 2 amide bonds.